The Morgan fingerprint density at radius 3 is 2.77 bits per heavy atom. The summed E-state index contributed by atoms with van der Waals surface area (Å²) in [5.74, 6) is 1.48. The van der Waals surface area contributed by atoms with Gasteiger partial charge in [0.05, 0.1) is 25.5 Å². The summed E-state index contributed by atoms with van der Waals surface area (Å²) < 4.78 is 10.9. The minimum Gasteiger partial charge on any atom is -0.493 e. The summed E-state index contributed by atoms with van der Waals surface area (Å²) in [4.78, 5) is 7.21. The third-order valence-corrected chi connectivity index (χ3v) is 4.70. The van der Waals surface area contributed by atoms with E-state index in [1.54, 1.807) is 25.6 Å². The monoisotopic (exact) mass is 319 g/mol. The zero-order valence-electron chi connectivity index (χ0n) is 13.0. The number of piperazine rings is 1. The Hall–Kier alpha value is -1.63. The highest BCUT2D eigenvalue weighted by atomic mass is 32.1. The summed E-state index contributed by atoms with van der Waals surface area (Å²) in [6, 6.07) is 5.89. The molecule has 0 aliphatic carbocycles. The average molecular weight is 319 g/mol. The van der Waals surface area contributed by atoms with Gasteiger partial charge in [-0.1, -0.05) is 6.07 Å². The van der Waals surface area contributed by atoms with E-state index in [0.29, 0.717) is 0 Å². The van der Waals surface area contributed by atoms with Crippen LogP contribution in [0.3, 0.4) is 0 Å². The van der Waals surface area contributed by atoms with Crippen LogP contribution in [0.4, 0.5) is 0 Å². The molecule has 1 aromatic carbocycles. The molecule has 1 aliphatic rings. The van der Waals surface area contributed by atoms with E-state index >= 15 is 0 Å². The molecule has 5 nitrogen and oxygen atoms in total. The number of thiazole rings is 1. The van der Waals surface area contributed by atoms with Gasteiger partial charge in [0.1, 0.15) is 5.01 Å². The maximum Gasteiger partial charge on any atom is 0.170 e. The van der Waals surface area contributed by atoms with Crippen molar-refractivity contribution in [3.63, 3.8) is 0 Å². The summed E-state index contributed by atoms with van der Waals surface area (Å²) in [6.45, 7) is 5.18. The van der Waals surface area contributed by atoms with Crippen LogP contribution in [0.1, 0.15) is 5.69 Å². The molecule has 6 heteroatoms. The van der Waals surface area contributed by atoms with Crippen LogP contribution in [0.15, 0.2) is 23.6 Å². The maximum absolute atomic E-state index is 5.50. The van der Waals surface area contributed by atoms with Gasteiger partial charge in [-0.05, 0) is 12.1 Å². The molecular formula is C16H21N3O2S. The van der Waals surface area contributed by atoms with Crippen molar-refractivity contribution in [2.45, 2.75) is 6.54 Å². The summed E-state index contributed by atoms with van der Waals surface area (Å²) in [6.07, 6.45) is 0. The lowest BCUT2D eigenvalue weighted by Crippen LogP contribution is -2.42. The molecule has 0 unspecified atom stereocenters. The van der Waals surface area contributed by atoms with Crippen molar-refractivity contribution in [3.05, 3.63) is 29.3 Å². The normalized spacial score (nSPS) is 15.7. The highest BCUT2D eigenvalue weighted by molar-refractivity contribution is 7.13. The van der Waals surface area contributed by atoms with E-state index in [9.17, 15) is 0 Å². The Kier molecular flexibility index (Phi) is 4.92. The molecule has 22 heavy (non-hydrogen) atoms. The molecule has 0 spiro atoms. The van der Waals surface area contributed by atoms with Crippen LogP contribution in [0.25, 0.3) is 10.6 Å². The minimum absolute atomic E-state index is 0.735. The molecule has 1 fully saturated rings. The van der Waals surface area contributed by atoms with Crippen molar-refractivity contribution in [1.82, 2.24) is 15.2 Å². The number of ether oxygens (including phenoxy) is 2. The Morgan fingerprint density at radius 1 is 1.23 bits per heavy atom. The maximum atomic E-state index is 5.50. The molecule has 0 saturated carbocycles. The molecule has 3 rings (SSSR count). The highest BCUT2D eigenvalue weighted by Gasteiger charge is 2.16. The lowest BCUT2D eigenvalue weighted by atomic mass is 10.2. The molecule has 0 radical (unpaired) electrons. The zero-order chi connectivity index (χ0) is 15.4. The van der Waals surface area contributed by atoms with Crippen LogP contribution >= 0.6 is 11.3 Å². The lowest BCUT2D eigenvalue weighted by molar-refractivity contribution is 0.231. The third kappa shape index (κ3) is 3.24. The fourth-order valence-electron chi connectivity index (χ4n) is 2.66. The number of nitrogens with zero attached hydrogens (tertiary/aromatic N) is 2. The Labute approximate surface area is 134 Å². The number of methoxy groups -OCH3 is 2. The predicted octanol–water partition coefficient (Wildman–Crippen LogP) is 2.23. The number of aromatic nitrogens is 1. The van der Waals surface area contributed by atoms with Gasteiger partial charge in [0.2, 0.25) is 0 Å². The van der Waals surface area contributed by atoms with E-state index < -0.39 is 0 Å². The van der Waals surface area contributed by atoms with Gasteiger partial charge in [-0.3, -0.25) is 4.90 Å². The van der Waals surface area contributed by atoms with Crippen molar-refractivity contribution >= 4 is 11.3 Å². The molecule has 1 aliphatic heterocycles. The molecule has 0 amide bonds. The van der Waals surface area contributed by atoms with Crippen molar-refractivity contribution < 1.29 is 9.47 Å². The molecule has 118 valence electrons. The van der Waals surface area contributed by atoms with Crippen LogP contribution < -0.4 is 14.8 Å². The van der Waals surface area contributed by atoms with Gasteiger partial charge in [0.25, 0.3) is 0 Å². The van der Waals surface area contributed by atoms with Gasteiger partial charge >= 0.3 is 0 Å². The van der Waals surface area contributed by atoms with E-state index in [0.717, 1.165) is 60.5 Å². The summed E-state index contributed by atoms with van der Waals surface area (Å²) in [5, 5.41) is 6.48. The number of benzene rings is 1. The molecule has 1 saturated heterocycles. The number of hydrogen-bond donors (Lipinski definition) is 1. The largest absolute Gasteiger partial charge is 0.493 e. The predicted molar refractivity (Wildman–Crippen MR) is 88.8 cm³/mol. The van der Waals surface area contributed by atoms with Gasteiger partial charge < -0.3 is 14.8 Å². The van der Waals surface area contributed by atoms with Crippen molar-refractivity contribution in [2.75, 3.05) is 40.4 Å². The fourth-order valence-corrected chi connectivity index (χ4v) is 3.49. The Balaban J connectivity index is 1.81. The second-order valence-electron chi connectivity index (χ2n) is 5.21. The van der Waals surface area contributed by atoms with E-state index in [1.165, 1.54) is 0 Å². The Morgan fingerprint density at radius 2 is 2.05 bits per heavy atom. The molecule has 0 bridgehead atoms. The molecule has 2 aromatic rings. The number of nitrogens with one attached hydrogen (secondary N) is 1. The first-order valence-electron chi connectivity index (χ1n) is 7.40. The summed E-state index contributed by atoms with van der Waals surface area (Å²) >= 11 is 1.65. The molecule has 2 heterocycles. The molecule has 0 atom stereocenters. The zero-order valence-corrected chi connectivity index (χ0v) is 13.8. The quantitative estimate of drug-likeness (QED) is 0.916. The van der Waals surface area contributed by atoms with Crippen LogP contribution in [0.2, 0.25) is 0 Å². The van der Waals surface area contributed by atoms with E-state index in [1.807, 2.05) is 18.2 Å². The first-order chi connectivity index (χ1) is 10.8. The summed E-state index contributed by atoms with van der Waals surface area (Å²) in [7, 11) is 3.32. The molecular weight excluding hydrogens is 298 g/mol. The van der Waals surface area contributed by atoms with E-state index in [2.05, 4.69) is 15.6 Å². The van der Waals surface area contributed by atoms with Crippen molar-refractivity contribution in [1.29, 1.82) is 0 Å². The average Bonchev–Trinajstić information content (AvgIpc) is 3.03. The van der Waals surface area contributed by atoms with Gasteiger partial charge in [-0.2, -0.15) is 0 Å². The first kappa shape index (κ1) is 15.3. The van der Waals surface area contributed by atoms with Crippen LogP contribution in [0.5, 0.6) is 11.5 Å². The smallest absolute Gasteiger partial charge is 0.170 e. The van der Waals surface area contributed by atoms with Gasteiger partial charge in [0, 0.05) is 38.1 Å². The number of para-hydroxylation sites is 1. The minimum atomic E-state index is 0.735. The first-order valence-corrected chi connectivity index (χ1v) is 8.28. The van der Waals surface area contributed by atoms with Crippen LogP contribution in [-0.4, -0.2) is 50.3 Å². The summed E-state index contributed by atoms with van der Waals surface area (Å²) in [5.41, 5.74) is 2.10. The van der Waals surface area contributed by atoms with Crippen LogP contribution in [0, 0.1) is 0 Å². The van der Waals surface area contributed by atoms with Gasteiger partial charge in [0.15, 0.2) is 11.5 Å². The molecule has 1 aromatic heterocycles. The lowest BCUT2D eigenvalue weighted by Gasteiger charge is -2.26. The third-order valence-electron chi connectivity index (χ3n) is 3.78. The second-order valence-corrected chi connectivity index (χ2v) is 6.07. The van der Waals surface area contributed by atoms with Gasteiger partial charge in [-0.15, -0.1) is 11.3 Å². The van der Waals surface area contributed by atoms with Crippen molar-refractivity contribution in [3.8, 4) is 22.1 Å². The topological polar surface area (TPSA) is 46.6 Å². The SMILES string of the molecule is COc1cccc(-c2nc(CN3CCNCC3)cs2)c1OC. The number of hydrogen-bond acceptors (Lipinski definition) is 6. The van der Waals surface area contributed by atoms with Gasteiger partial charge in [-0.25, -0.2) is 4.98 Å². The second kappa shape index (κ2) is 7.09. The standard InChI is InChI=1S/C16H21N3O2S/c1-20-14-5-3-4-13(15(14)21-2)16-18-12(11-22-16)10-19-8-6-17-7-9-19/h3-5,11,17H,6-10H2,1-2H3. The number of rotatable bonds is 5. The fraction of sp³-hybridized carbons (Fsp3) is 0.438. The van der Waals surface area contributed by atoms with Crippen molar-refractivity contribution in [2.24, 2.45) is 0 Å². The highest BCUT2D eigenvalue weighted by Crippen LogP contribution is 2.39. The van der Waals surface area contributed by atoms with E-state index in [-0.39, 0.29) is 0 Å². The molecule has 1 N–H and O–H groups in total. The van der Waals surface area contributed by atoms with Crippen LogP contribution in [-0.2, 0) is 6.54 Å². The van der Waals surface area contributed by atoms with E-state index in [4.69, 9.17) is 14.5 Å². The Bertz CT molecular complexity index is 624.